The van der Waals surface area contributed by atoms with Gasteiger partial charge in [-0.3, -0.25) is 10.1 Å². The summed E-state index contributed by atoms with van der Waals surface area (Å²) in [6.45, 7) is 0. The first kappa shape index (κ1) is 15.9. The van der Waals surface area contributed by atoms with Gasteiger partial charge in [-0.15, -0.1) is 0 Å². The molecule has 0 aliphatic carbocycles. The Labute approximate surface area is 138 Å². The molecule has 0 heterocycles. The van der Waals surface area contributed by atoms with Gasteiger partial charge in [-0.25, -0.2) is 0 Å². The summed E-state index contributed by atoms with van der Waals surface area (Å²) in [4.78, 5) is 10.1. The number of nitro groups is 1. The molecule has 0 amide bonds. The molecule has 0 radical (unpaired) electrons. The highest BCUT2D eigenvalue weighted by Crippen LogP contribution is 2.41. The van der Waals surface area contributed by atoms with Crippen LogP contribution < -0.4 is 9.47 Å². The summed E-state index contributed by atoms with van der Waals surface area (Å²) in [5, 5.41) is 10.8. The van der Waals surface area contributed by atoms with E-state index in [1.807, 2.05) is 0 Å². The van der Waals surface area contributed by atoms with Gasteiger partial charge in [0.25, 0.3) is 5.69 Å². The van der Waals surface area contributed by atoms with Gasteiger partial charge in [0.05, 0.1) is 26.6 Å². The Kier molecular flexibility index (Phi) is 4.92. The number of methoxy groups -OCH3 is 1. The van der Waals surface area contributed by atoms with Gasteiger partial charge in [-0.05, 0) is 34.1 Å². The highest BCUT2D eigenvalue weighted by atomic mass is 79.9. The molecule has 21 heavy (non-hydrogen) atoms. The number of ether oxygens (including phenoxy) is 2. The summed E-state index contributed by atoms with van der Waals surface area (Å²) in [6, 6.07) is 7.44. The zero-order valence-corrected chi connectivity index (χ0v) is 13.7. The molecule has 0 aromatic heterocycles. The quantitative estimate of drug-likeness (QED) is 0.511. The van der Waals surface area contributed by atoms with Gasteiger partial charge in [0.1, 0.15) is 11.5 Å². The fourth-order valence-corrected chi connectivity index (χ4v) is 2.54. The summed E-state index contributed by atoms with van der Waals surface area (Å²) >= 11 is 15.3. The Bertz CT molecular complexity index is 686. The maximum absolute atomic E-state index is 10.7. The second-order valence-corrected chi connectivity index (χ2v) is 5.56. The van der Waals surface area contributed by atoms with Crippen LogP contribution >= 0.6 is 39.1 Å². The minimum absolute atomic E-state index is 0.0527. The number of non-ortho nitro benzene ring substituents is 1. The van der Waals surface area contributed by atoms with E-state index in [-0.39, 0.29) is 21.5 Å². The first-order chi connectivity index (χ1) is 9.92. The van der Waals surface area contributed by atoms with E-state index in [2.05, 4.69) is 15.9 Å². The number of nitrogens with zero attached hydrogens (tertiary/aromatic N) is 1. The average molecular weight is 393 g/mol. The number of nitro benzene ring substituents is 1. The van der Waals surface area contributed by atoms with Crippen LogP contribution in [0.2, 0.25) is 10.0 Å². The monoisotopic (exact) mass is 391 g/mol. The second-order valence-electron chi connectivity index (χ2n) is 3.89. The fourth-order valence-electron chi connectivity index (χ4n) is 1.55. The molecule has 0 N–H and O–H groups in total. The lowest BCUT2D eigenvalue weighted by Crippen LogP contribution is -1.92. The Morgan fingerprint density at radius 1 is 1.19 bits per heavy atom. The molecule has 0 fully saturated rings. The van der Waals surface area contributed by atoms with Crippen molar-refractivity contribution in [1.29, 1.82) is 0 Å². The molecule has 110 valence electrons. The largest absolute Gasteiger partial charge is 0.497 e. The number of hydrogen-bond donors (Lipinski definition) is 0. The van der Waals surface area contributed by atoms with Gasteiger partial charge in [0, 0.05) is 12.1 Å². The van der Waals surface area contributed by atoms with Crippen molar-refractivity contribution in [3.63, 3.8) is 0 Å². The van der Waals surface area contributed by atoms with E-state index in [1.165, 1.54) is 12.1 Å². The van der Waals surface area contributed by atoms with Gasteiger partial charge in [0.15, 0.2) is 5.75 Å². The molecular weight excluding hydrogens is 385 g/mol. The minimum Gasteiger partial charge on any atom is -0.497 e. The number of rotatable bonds is 4. The minimum atomic E-state index is -0.579. The van der Waals surface area contributed by atoms with Crippen molar-refractivity contribution in [2.45, 2.75) is 0 Å². The molecule has 2 aromatic rings. The summed E-state index contributed by atoms with van der Waals surface area (Å²) < 4.78 is 11.3. The predicted octanol–water partition coefficient (Wildman–Crippen LogP) is 5.47. The van der Waals surface area contributed by atoms with Crippen LogP contribution in [0.4, 0.5) is 5.69 Å². The average Bonchev–Trinajstić information content (AvgIpc) is 2.43. The van der Waals surface area contributed by atoms with Gasteiger partial charge in [0.2, 0.25) is 0 Å². The van der Waals surface area contributed by atoms with Crippen molar-refractivity contribution < 1.29 is 14.4 Å². The molecule has 0 bridgehead atoms. The summed E-state index contributed by atoms with van der Waals surface area (Å²) in [6.07, 6.45) is 0. The molecule has 0 saturated carbocycles. The molecule has 2 rings (SSSR count). The van der Waals surface area contributed by atoms with Crippen LogP contribution in [0.15, 0.2) is 34.8 Å². The highest BCUT2D eigenvalue weighted by molar-refractivity contribution is 9.10. The van der Waals surface area contributed by atoms with E-state index in [0.717, 1.165) is 0 Å². The van der Waals surface area contributed by atoms with Crippen LogP contribution in [-0.2, 0) is 0 Å². The van der Waals surface area contributed by atoms with Gasteiger partial charge in [-0.1, -0.05) is 23.2 Å². The smallest absolute Gasteiger partial charge is 0.272 e. The normalized spacial score (nSPS) is 10.3. The predicted molar refractivity (Wildman–Crippen MR) is 83.9 cm³/mol. The first-order valence-electron chi connectivity index (χ1n) is 5.57. The summed E-state index contributed by atoms with van der Waals surface area (Å²) in [5.41, 5.74) is -0.203. The van der Waals surface area contributed by atoms with E-state index in [1.54, 1.807) is 25.3 Å². The van der Waals surface area contributed by atoms with Crippen LogP contribution in [0, 0.1) is 10.1 Å². The third-order valence-electron chi connectivity index (χ3n) is 2.54. The van der Waals surface area contributed by atoms with Crippen LogP contribution in [0.3, 0.4) is 0 Å². The number of hydrogen-bond acceptors (Lipinski definition) is 4. The molecule has 0 aliphatic heterocycles. The third kappa shape index (κ3) is 3.58. The van der Waals surface area contributed by atoms with Crippen molar-refractivity contribution in [2.75, 3.05) is 7.11 Å². The lowest BCUT2D eigenvalue weighted by atomic mass is 10.3. The van der Waals surface area contributed by atoms with Gasteiger partial charge >= 0.3 is 0 Å². The van der Waals surface area contributed by atoms with Crippen molar-refractivity contribution in [3.05, 3.63) is 55.0 Å². The Balaban J connectivity index is 2.38. The Morgan fingerprint density at radius 3 is 2.29 bits per heavy atom. The van der Waals surface area contributed by atoms with Crippen LogP contribution in [0.25, 0.3) is 0 Å². The number of halogens is 3. The molecule has 0 spiro atoms. The summed E-state index contributed by atoms with van der Waals surface area (Å²) in [7, 11) is 1.55. The first-order valence-corrected chi connectivity index (χ1v) is 7.12. The Morgan fingerprint density at radius 2 is 1.81 bits per heavy atom. The molecule has 0 unspecified atom stereocenters. The van der Waals surface area contributed by atoms with E-state index < -0.39 is 4.92 Å². The highest BCUT2D eigenvalue weighted by Gasteiger charge is 2.17. The maximum atomic E-state index is 10.7. The molecule has 2 aromatic carbocycles. The van der Waals surface area contributed by atoms with Crippen LogP contribution in [-0.4, -0.2) is 12.0 Å². The topological polar surface area (TPSA) is 61.6 Å². The lowest BCUT2D eigenvalue weighted by molar-refractivity contribution is -0.384. The second kappa shape index (κ2) is 6.51. The molecular formula is C13H8BrCl2NO4. The zero-order chi connectivity index (χ0) is 15.6. The lowest BCUT2D eigenvalue weighted by Gasteiger charge is -2.11. The third-order valence-corrected chi connectivity index (χ3v) is 3.73. The standard InChI is InChI=1S/C13H8BrCl2NO4/c1-20-8-2-3-12(9(14)6-8)21-13-10(15)4-7(17(18)19)5-11(13)16/h2-6H,1H3. The van der Waals surface area contributed by atoms with E-state index in [9.17, 15) is 10.1 Å². The molecule has 8 heteroatoms. The fraction of sp³-hybridized carbons (Fsp3) is 0.0769. The SMILES string of the molecule is COc1ccc(Oc2c(Cl)cc([N+](=O)[O-])cc2Cl)c(Br)c1. The maximum Gasteiger partial charge on any atom is 0.272 e. The molecule has 0 saturated heterocycles. The van der Waals surface area contributed by atoms with Gasteiger partial charge in [-0.2, -0.15) is 0 Å². The molecule has 5 nitrogen and oxygen atoms in total. The summed E-state index contributed by atoms with van der Waals surface area (Å²) in [5.74, 6) is 1.25. The van der Waals surface area contributed by atoms with Crippen molar-refractivity contribution >= 4 is 44.8 Å². The number of benzene rings is 2. The van der Waals surface area contributed by atoms with E-state index in [4.69, 9.17) is 32.7 Å². The zero-order valence-electron chi connectivity index (χ0n) is 10.6. The molecule has 0 aliphatic rings. The van der Waals surface area contributed by atoms with Crippen molar-refractivity contribution in [2.24, 2.45) is 0 Å². The van der Waals surface area contributed by atoms with E-state index >= 15 is 0 Å². The van der Waals surface area contributed by atoms with Crippen LogP contribution in [0.1, 0.15) is 0 Å². The van der Waals surface area contributed by atoms with E-state index in [0.29, 0.717) is 16.0 Å². The van der Waals surface area contributed by atoms with Crippen molar-refractivity contribution in [1.82, 2.24) is 0 Å². The Hall–Kier alpha value is -1.50. The van der Waals surface area contributed by atoms with Gasteiger partial charge < -0.3 is 9.47 Å². The molecule has 0 atom stereocenters. The van der Waals surface area contributed by atoms with Crippen LogP contribution in [0.5, 0.6) is 17.2 Å². The van der Waals surface area contributed by atoms with Crippen molar-refractivity contribution in [3.8, 4) is 17.2 Å².